The van der Waals surface area contributed by atoms with Crippen LogP contribution in [0.5, 0.6) is 11.5 Å². The molecule has 0 saturated carbocycles. The minimum Gasteiger partial charge on any atom is -0.457 e. The molecule has 5 nitrogen and oxygen atoms in total. The molecule has 0 fully saturated rings. The molecular formula is C28H33N3O2. The number of rotatable bonds is 10. The average molecular weight is 444 g/mol. The summed E-state index contributed by atoms with van der Waals surface area (Å²) in [5, 5.41) is 0. The van der Waals surface area contributed by atoms with Crippen molar-refractivity contribution in [3.63, 3.8) is 0 Å². The zero-order valence-corrected chi connectivity index (χ0v) is 19.5. The van der Waals surface area contributed by atoms with Gasteiger partial charge in [-0.1, -0.05) is 49.7 Å². The summed E-state index contributed by atoms with van der Waals surface area (Å²) in [5.41, 5.74) is 3.50. The highest BCUT2D eigenvalue weighted by molar-refractivity contribution is 5.76. The van der Waals surface area contributed by atoms with Crippen molar-refractivity contribution in [3.05, 3.63) is 89.7 Å². The summed E-state index contributed by atoms with van der Waals surface area (Å²) in [4.78, 5) is 21.8. The van der Waals surface area contributed by atoms with Crippen molar-refractivity contribution in [2.75, 3.05) is 19.6 Å². The molecule has 1 aromatic heterocycles. The maximum absolute atomic E-state index is 12.9. The number of carbonyl (C=O) groups excluding carboxylic acids is 1. The van der Waals surface area contributed by atoms with Crippen molar-refractivity contribution >= 4 is 5.91 Å². The number of para-hydroxylation sites is 1. The van der Waals surface area contributed by atoms with Gasteiger partial charge in [0.2, 0.25) is 5.91 Å². The lowest BCUT2D eigenvalue weighted by molar-refractivity contribution is -0.132. The van der Waals surface area contributed by atoms with Crippen LogP contribution >= 0.6 is 0 Å². The van der Waals surface area contributed by atoms with Crippen LogP contribution in [-0.2, 0) is 24.3 Å². The molecule has 3 aromatic rings. The Morgan fingerprint density at radius 1 is 1.03 bits per heavy atom. The number of pyridine rings is 1. The molecule has 0 bridgehead atoms. The highest BCUT2D eigenvalue weighted by Gasteiger charge is 2.21. The Kier molecular flexibility index (Phi) is 8.09. The average Bonchev–Trinajstić information content (AvgIpc) is 2.86. The van der Waals surface area contributed by atoms with Gasteiger partial charge in [0.1, 0.15) is 11.5 Å². The number of carbonyl (C=O) groups is 1. The first-order chi connectivity index (χ1) is 16.2. The van der Waals surface area contributed by atoms with E-state index in [-0.39, 0.29) is 5.91 Å². The lowest BCUT2D eigenvalue weighted by Crippen LogP contribution is -2.38. The Morgan fingerprint density at radius 2 is 1.88 bits per heavy atom. The number of ether oxygens (including phenoxy) is 1. The van der Waals surface area contributed by atoms with Gasteiger partial charge in [-0.2, -0.15) is 0 Å². The third-order valence-electron chi connectivity index (χ3n) is 6.08. The number of unbranched alkanes of at least 4 members (excludes halogenated alkanes) is 1. The number of hydrogen-bond acceptors (Lipinski definition) is 4. The number of nitrogens with zero attached hydrogens (tertiary/aromatic N) is 3. The monoisotopic (exact) mass is 443 g/mol. The highest BCUT2D eigenvalue weighted by atomic mass is 16.5. The summed E-state index contributed by atoms with van der Waals surface area (Å²) in [6, 6.07) is 22.2. The Morgan fingerprint density at radius 3 is 2.73 bits per heavy atom. The summed E-state index contributed by atoms with van der Waals surface area (Å²) in [5.74, 6) is 1.89. The van der Waals surface area contributed by atoms with Gasteiger partial charge in [-0.05, 0) is 60.8 Å². The van der Waals surface area contributed by atoms with Gasteiger partial charge in [0.15, 0.2) is 0 Å². The van der Waals surface area contributed by atoms with Crippen molar-refractivity contribution in [1.82, 2.24) is 14.8 Å². The van der Waals surface area contributed by atoms with Gasteiger partial charge in [-0.15, -0.1) is 0 Å². The zero-order chi connectivity index (χ0) is 22.9. The Hall–Kier alpha value is -3.18. The van der Waals surface area contributed by atoms with E-state index < -0.39 is 0 Å². The van der Waals surface area contributed by atoms with E-state index in [0.29, 0.717) is 13.0 Å². The van der Waals surface area contributed by atoms with Crippen molar-refractivity contribution in [3.8, 4) is 11.5 Å². The fourth-order valence-electron chi connectivity index (χ4n) is 4.22. The van der Waals surface area contributed by atoms with Crippen molar-refractivity contribution in [2.45, 2.75) is 45.7 Å². The van der Waals surface area contributed by atoms with E-state index in [4.69, 9.17) is 4.74 Å². The molecule has 33 heavy (non-hydrogen) atoms. The quantitative estimate of drug-likeness (QED) is 0.418. The second kappa shape index (κ2) is 11.6. The molecule has 0 spiro atoms. The van der Waals surface area contributed by atoms with Crippen LogP contribution in [0.4, 0.5) is 0 Å². The highest BCUT2D eigenvalue weighted by Crippen LogP contribution is 2.23. The molecule has 1 amide bonds. The summed E-state index contributed by atoms with van der Waals surface area (Å²) >= 11 is 0. The Labute approximate surface area is 197 Å². The van der Waals surface area contributed by atoms with Crippen LogP contribution in [0.15, 0.2) is 72.9 Å². The third kappa shape index (κ3) is 6.65. The molecule has 4 rings (SSSR count). The predicted octanol–water partition coefficient (Wildman–Crippen LogP) is 5.45. The predicted molar refractivity (Wildman–Crippen MR) is 131 cm³/mol. The molecule has 1 aliphatic rings. The van der Waals surface area contributed by atoms with Crippen molar-refractivity contribution in [2.24, 2.45) is 0 Å². The van der Waals surface area contributed by atoms with E-state index in [9.17, 15) is 4.79 Å². The van der Waals surface area contributed by atoms with E-state index in [1.165, 1.54) is 11.1 Å². The van der Waals surface area contributed by atoms with E-state index in [1.807, 2.05) is 59.6 Å². The minimum atomic E-state index is 0.217. The first-order valence-corrected chi connectivity index (χ1v) is 12.0. The molecule has 2 aromatic carbocycles. The molecule has 0 aliphatic carbocycles. The van der Waals surface area contributed by atoms with Crippen LogP contribution in [-0.4, -0.2) is 40.3 Å². The number of amides is 1. The fraction of sp³-hybridized carbons (Fsp3) is 0.357. The molecule has 172 valence electrons. The maximum atomic E-state index is 12.9. The maximum Gasteiger partial charge on any atom is 0.224 e. The SMILES string of the molecule is CCCCN(CCC(=O)N1CCc2cccnc2C1)Cc1cccc(Oc2ccccc2)c1. The lowest BCUT2D eigenvalue weighted by atomic mass is 10.0. The standard InChI is InChI=1S/C28H33N3O2/c1-2-3-17-30(18-15-28(32)31-19-14-24-10-8-16-29-27(24)22-31)21-23-9-7-13-26(20-23)33-25-11-5-4-6-12-25/h4-13,16,20H,2-3,14-15,17-19,21-22H2,1H3. The largest absolute Gasteiger partial charge is 0.457 e. The normalized spacial score (nSPS) is 13.1. The smallest absolute Gasteiger partial charge is 0.224 e. The van der Waals surface area contributed by atoms with Gasteiger partial charge < -0.3 is 9.64 Å². The molecule has 5 heteroatoms. The van der Waals surface area contributed by atoms with Crippen LogP contribution in [0.2, 0.25) is 0 Å². The van der Waals surface area contributed by atoms with Gasteiger partial charge in [-0.3, -0.25) is 14.7 Å². The molecular weight excluding hydrogens is 410 g/mol. The van der Waals surface area contributed by atoms with Gasteiger partial charge in [0.25, 0.3) is 0 Å². The molecule has 0 saturated heterocycles. The van der Waals surface area contributed by atoms with E-state index in [1.54, 1.807) is 0 Å². The van der Waals surface area contributed by atoms with Crippen LogP contribution in [0.3, 0.4) is 0 Å². The number of benzene rings is 2. The first-order valence-electron chi connectivity index (χ1n) is 12.0. The van der Waals surface area contributed by atoms with E-state index >= 15 is 0 Å². The van der Waals surface area contributed by atoms with Gasteiger partial charge in [0, 0.05) is 32.3 Å². The molecule has 1 aliphatic heterocycles. The van der Waals surface area contributed by atoms with Crippen LogP contribution in [0, 0.1) is 0 Å². The molecule has 2 heterocycles. The number of aromatic nitrogens is 1. The molecule has 0 unspecified atom stereocenters. The fourth-order valence-corrected chi connectivity index (χ4v) is 4.22. The summed E-state index contributed by atoms with van der Waals surface area (Å²) in [7, 11) is 0. The molecule has 0 N–H and O–H groups in total. The van der Waals surface area contributed by atoms with Crippen LogP contribution in [0.25, 0.3) is 0 Å². The minimum absolute atomic E-state index is 0.217. The summed E-state index contributed by atoms with van der Waals surface area (Å²) in [6.07, 6.45) is 5.50. The molecule has 0 atom stereocenters. The molecule has 0 radical (unpaired) electrons. The van der Waals surface area contributed by atoms with Crippen molar-refractivity contribution in [1.29, 1.82) is 0 Å². The topological polar surface area (TPSA) is 45.7 Å². The van der Waals surface area contributed by atoms with Crippen LogP contribution < -0.4 is 4.74 Å². The van der Waals surface area contributed by atoms with E-state index in [0.717, 1.165) is 62.6 Å². The number of fused-ring (bicyclic) bond motifs is 1. The zero-order valence-electron chi connectivity index (χ0n) is 19.5. The Balaban J connectivity index is 1.34. The van der Waals surface area contributed by atoms with Gasteiger partial charge >= 0.3 is 0 Å². The van der Waals surface area contributed by atoms with Gasteiger partial charge in [-0.25, -0.2) is 0 Å². The van der Waals surface area contributed by atoms with Crippen molar-refractivity contribution < 1.29 is 9.53 Å². The number of hydrogen-bond donors (Lipinski definition) is 0. The van der Waals surface area contributed by atoms with Crippen LogP contribution in [0.1, 0.15) is 43.0 Å². The third-order valence-corrected chi connectivity index (χ3v) is 6.08. The Bertz CT molecular complexity index is 1040. The van der Waals surface area contributed by atoms with E-state index in [2.05, 4.69) is 35.0 Å². The second-order valence-electron chi connectivity index (χ2n) is 8.62. The second-order valence-corrected chi connectivity index (χ2v) is 8.62. The first kappa shape index (κ1) is 23.0. The summed E-state index contributed by atoms with van der Waals surface area (Å²) < 4.78 is 6.00. The van der Waals surface area contributed by atoms with Gasteiger partial charge in [0.05, 0.1) is 12.2 Å². The lowest BCUT2D eigenvalue weighted by Gasteiger charge is -2.29. The summed E-state index contributed by atoms with van der Waals surface area (Å²) in [6.45, 7) is 6.17.